The van der Waals surface area contributed by atoms with Crippen molar-refractivity contribution in [2.24, 2.45) is 5.14 Å². The zero-order valence-electron chi connectivity index (χ0n) is 8.68. The molecule has 1 heterocycles. The SMILES string of the molecule is CCn1ccnc1CNCCS(N)(=O)=O. The quantitative estimate of drug-likeness (QED) is 0.633. The molecule has 0 fully saturated rings. The molecule has 1 rings (SSSR count). The van der Waals surface area contributed by atoms with Gasteiger partial charge in [0.05, 0.1) is 12.3 Å². The van der Waals surface area contributed by atoms with Gasteiger partial charge in [-0.05, 0) is 6.92 Å². The minimum Gasteiger partial charge on any atom is -0.334 e. The second kappa shape index (κ2) is 5.24. The Bertz CT molecular complexity index is 399. The maximum atomic E-state index is 10.6. The molecule has 0 unspecified atom stereocenters. The molecular formula is C8H16N4O2S. The molecule has 0 aromatic carbocycles. The third-order valence-corrected chi connectivity index (χ3v) is 2.76. The van der Waals surface area contributed by atoms with Crippen molar-refractivity contribution in [3.8, 4) is 0 Å². The summed E-state index contributed by atoms with van der Waals surface area (Å²) in [7, 11) is -3.37. The normalized spacial score (nSPS) is 11.9. The molecule has 0 spiro atoms. The van der Waals surface area contributed by atoms with Crippen LogP contribution in [0.4, 0.5) is 0 Å². The standard InChI is InChI=1S/C8H16N4O2S/c1-2-12-5-3-11-8(12)7-10-4-6-15(9,13)14/h3,5,10H,2,4,6-7H2,1H3,(H2,9,13,14). The number of hydrogen-bond donors (Lipinski definition) is 2. The average molecular weight is 232 g/mol. The van der Waals surface area contributed by atoms with Crippen LogP contribution in [0.2, 0.25) is 0 Å². The van der Waals surface area contributed by atoms with Gasteiger partial charge >= 0.3 is 0 Å². The van der Waals surface area contributed by atoms with E-state index in [-0.39, 0.29) is 5.75 Å². The molecule has 0 aliphatic rings. The van der Waals surface area contributed by atoms with Gasteiger partial charge in [0, 0.05) is 25.5 Å². The molecule has 7 heteroatoms. The van der Waals surface area contributed by atoms with Gasteiger partial charge in [0.2, 0.25) is 10.0 Å². The smallest absolute Gasteiger partial charge is 0.210 e. The highest BCUT2D eigenvalue weighted by molar-refractivity contribution is 7.89. The van der Waals surface area contributed by atoms with Gasteiger partial charge in [0.15, 0.2) is 0 Å². The summed E-state index contributed by atoms with van der Waals surface area (Å²) in [6.45, 7) is 3.77. The van der Waals surface area contributed by atoms with Gasteiger partial charge in [0.1, 0.15) is 5.82 Å². The van der Waals surface area contributed by atoms with E-state index in [0.717, 1.165) is 12.4 Å². The van der Waals surface area contributed by atoms with Gasteiger partial charge in [-0.15, -0.1) is 0 Å². The second-order valence-corrected chi connectivity index (χ2v) is 4.91. The van der Waals surface area contributed by atoms with E-state index >= 15 is 0 Å². The molecule has 3 N–H and O–H groups in total. The minimum atomic E-state index is -3.37. The summed E-state index contributed by atoms with van der Waals surface area (Å²) in [4.78, 5) is 4.14. The number of nitrogens with one attached hydrogen (secondary N) is 1. The molecule has 1 aromatic rings. The summed E-state index contributed by atoms with van der Waals surface area (Å²) in [5.41, 5.74) is 0. The lowest BCUT2D eigenvalue weighted by Gasteiger charge is -2.05. The van der Waals surface area contributed by atoms with Crippen LogP contribution in [-0.2, 0) is 23.1 Å². The van der Waals surface area contributed by atoms with Crippen LogP contribution in [0.1, 0.15) is 12.7 Å². The molecule has 0 amide bonds. The van der Waals surface area contributed by atoms with Crippen molar-refractivity contribution in [1.29, 1.82) is 0 Å². The Kier molecular flexibility index (Phi) is 4.25. The highest BCUT2D eigenvalue weighted by atomic mass is 32.2. The Morgan fingerprint density at radius 2 is 2.33 bits per heavy atom. The van der Waals surface area contributed by atoms with Gasteiger partial charge in [-0.2, -0.15) is 0 Å². The minimum absolute atomic E-state index is 0.0557. The number of aryl methyl sites for hydroxylation is 1. The van der Waals surface area contributed by atoms with Gasteiger partial charge in [0.25, 0.3) is 0 Å². The molecule has 0 saturated carbocycles. The Hall–Kier alpha value is -0.920. The van der Waals surface area contributed by atoms with Crippen molar-refractivity contribution < 1.29 is 8.42 Å². The first kappa shape index (κ1) is 12.2. The van der Waals surface area contributed by atoms with Crippen LogP contribution in [0.5, 0.6) is 0 Å². The molecule has 0 aliphatic heterocycles. The maximum Gasteiger partial charge on any atom is 0.210 e. The average Bonchev–Trinajstić information content (AvgIpc) is 2.58. The molecule has 0 bridgehead atoms. The lowest BCUT2D eigenvalue weighted by molar-refractivity contribution is 0.587. The molecule has 1 aromatic heterocycles. The number of nitrogens with two attached hydrogens (primary N) is 1. The number of primary sulfonamides is 1. The third kappa shape index (κ3) is 4.41. The van der Waals surface area contributed by atoms with E-state index in [2.05, 4.69) is 10.3 Å². The highest BCUT2D eigenvalue weighted by Gasteiger charge is 2.03. The lowest BCUT2D eigenvalue weighted by atomic mass is 10.5. The zero-order chi connectivity index (χ0) is 11.3. The summed E-state index contributed by atoms with van der Waals surface area (Å²) in [6.07, 6.45) is 3.61. The monoisotopic (exact) mass is 232 g/mol. The van der Waals surface area contributed by atoms with Crippen molar-refractivity contribution in [1.82, 2.24) is 14.9 Å². The summed E-state index contributed by atoms with van der Waals surface area (Å²) < 4.78 is 23.3. The molecule has 0 aliphatic carbocycles. The summed E-state index contributed by atoms with van der Waals surface area (Å²) >= 11 is 0. The van der Waals surface area contributed by atoms with Gasteiger partial charge < -0.3 is 9.88 Å². The first-order chi connectivity index (χ1) is 7.03. The summed E-state index contributed by atoms with van der Waals surface area (Å²) in [5.74, 6) is 0.840. The van der Waals surface area contributed by atoms with E-state index in [1.807, 2.05) is 17.7 Å². The van der Waals surface area contributed by atoms with Crippen LogP contribution < -0.4 is 10.5 Å². The van der Waals surface area contributed by atoms with Gasteiger partial charge in [-0.25, -0.2) is 18.5 Å². The van der Waals surface area contributed by atoms with E-state index in [4.69, 9.17) is 5.14 Å². The summed E-state index contributed by atoms with van der Waals surface area (Å²) in [5, 5.41) is 7.84. The van der Waals surface area contributed by atoms with Crippen molar-refractivity contribution in [3.05, 3.63) is 18.2 Å². The van der Waals surface area contributed by atoms with Crippen molar-refractivity contribution in [2.75, 3.05) is 12.3 Å². The number of nitrogens with zero attached hydrogens (tertiary/aromatic N) is 2. The zero-order valence-corrected chi connectivity index (χ0v) is 9.50. The van der Waals surface area contributed by atoms with Crippen LogP contribution in [-0.4, -0.2) is 30.3 Å². The molecule has 86 valence electrons. The van der Waals surface area contributed by atoms with Gasteiger partial charge in [-0.3, -0.25) is 0 Å². The number of rotatable bonds is 6. The fraction of sp³-hybridized carbons (Fsp3) is 0.625. The number of imidazole rings is 1. The highest BCUT2D eigenvalue weighted by Crippen LogP contribution is 1.96. The predicted octanol–water partition coefficient (Wildman–Crippen LogP) is -0.719. The molecule has 6 nitrogen and oxygen atoms in total. The lowest BCUT2D eigenvalue weighted by Crippen LogP contribution is -2.27. The Labute approximate surface area is 89.5 Å². The van der Waals surface area contributed by atoms with Crippen LogP contribution in [0.25, 0.3) is 0 Å². The largest absolute Gasteiger partial charge is 0.334 e. The van der Waals surface area contributed by atoms with E-state index in [1.165, 1.54) is 0 Å². The molecule has 0 atom stereocenters. The topological polar surface area (TPSA) is 90.0 Å². The van der Waals surface area contributed by atoms with Crippen molar-refractivity contribution >= 4 is 10.0 Å². The Balaban J connectivity index is 2.32. The predicted molar refractivity (Wildman–Crippen MR) is 57.6 cm³/mol. The fourth-order valence-corrected chi connectivity index (χ4v) is 1.64. The van der Waals surface area contributed by atoms with E-state index in [1.54, 1.807) is 6.20 Å². The van der Waals surface area contributed by atoms with Crippen LogP contribution >= 0.6 is 0 Å². The van der Waals surface area contributed by atoms with Crippen LogP contribution in [0.15, 0.2) is 12.4 Å². The van der Waals surface area contributed by atoms with Crippen molar-refractivity contribution in [2.45, 2.75) is 20.0 Å². The second-order valence-electron chi connectivity index (χ2n) is 3.17. The number of aromatic nitrogens is 2. The molecule has 0 radical (unpaired) electrons. The molecule has 15 heavy (non-hydrogen) atoms. The number of sulfonamides is 1. The van der Waals surface area contributed by atoms with Gasteiger partial charge in [-0.1, -0.05) is 0 Å². The van der Waals surface area contributed by atoms with E-state index < -0.39 is 10.0 Å². The Morgan fingerprint density at radius 3 is 2.93 bits per heavy atom. The first-order valence-corrected chi connectivity index (χ1v) is 6.45. The molecule has 0 saturated heterocycles. The van der Waals surface area contributed by atoms with E-state index in [0.29, 0.717) is 13.1 Å². The van der Waals surface area contributed by atoms with Crippen LogP contribution in [0.3, 0.4) is 0 Å². The summed E-state index contributed by atoms with van der Waals surface area (Å²) in [6, 6.07) is 0. The van der Waals surface area contributed by atoms with Crippen molar-refractivity contribution in [3.63, 3.8) is 0 Å². The third-order valence-electron chi connectivity index (χ3n) is 1.99. The Morgan fingerprint density at radius 1 is 1.60 bits per heavy atom. The maximum absolute atomic E-state index is 10.6. The molecular weight excluding hydrogens is 216 g/mol. The first-order valence-electron chi connectivity index (χ1n) is 4.74. The van der Waals surface area contributed by atoms with Crippen LogP contribution in [0, 0.1) is 0 Å². The number of hydrogen-bond acceptors (Lipinski definition) is 4. The van der Waals surface area contributed by atoms with E-state index in [9.17, 15) is 8.42 Å². The fourth-order valence-electron chi connectivity index (χ4n) is 1.21.